The summed E-state index contributed by atoms with van der Waals surface area (Å²) in [4.78, 5) is 25.3. The molecule has 1 saturated carbocycles. The number of nitrogens with zero attached hydrogens (tertiary/aromatic N) is 2. The summed E-state index contributed by atoms with van der Waals surface area (Å²) in [6.45, 7) is 2.19. The lowest BCUT2D eigenvalue weighted by molar-refractivity contribution is -0.385. The molecule has 0 bridgehead atoms. The standard InChI is InChI=1S/C13H16N2O4S/c1-8-3-2-4-10(5-8)20-12-11(13(16)17)6-9(7-14-12)15(18)19/h6-8,10H,2-5H2,1H3,(H,16,17). The minimum atomic E-state index is -1.17. The van der Waals surface area contributed by atoms with E-state index in [0.717, 1.165) is 31.5 Å². The Hall–Kier alpha value is -1.63. The molecule has 0 aromatic carbocycles. The average Bonchev–Trinajstić information content (AvgIpc) is 2.38. The molecular weight excluding hydrogens is 280 g/mol. The van der Waals surface area contributed by atoms with Crippen LogP contribution in [0.3, 0.4) is 0 Å². The highest BCUT2D eigenvalue weighted by atomic mass is 32.2. The van der Waals surface area contributed by atoms with Gasteiger partial charge in [-0.05, 0) is 18.8 Å². The summed E-state index contributed by atoms with van der Waals surface area (Å²) in [5, 5.41) is 20.6. The minimum Gasteiger partial charge on any atom is -0.478 e. The lowest BCUT2D eigenvalue weighted by Crippen LogP contribution is -2.16. The van der Waals surface area contributed by atoms with Crippen LogP contribution in [0.25, 0.3) is 0 Å². The Kier molecular flexibility index (Phi) is 4.59. The van der Waals surface area contributed by atoms with Gasteiger partial charge in [0.1, 0.15) is 11.2 Å². The van der Waals surface area contributed by atoms with Crippen LogP contribution in [-0.2, 0) is 0 Å². The largest absolute Gasteiger partial charge is 0.478 e. The molecule has 2 rings (SSSR count). The van der Waals surface area contributed by atoms with Crippen LogP contribution in [0.5, 0.6) is 0 Å². The monoisotopic (exact) mass is 296 g/mol. The third kappa shape index (κ3) is 3.47. The van der Waals surface area contributed by atoms with Crippen molar-refractivity contribution in [2.75, 3.05) is 0 Å². The zero-order valence-electron chi connectivity index (χ0n) is 11.1. The maximum atomic E-state index is 11.2. The molecule has 1 aliphatic rings. The lowest BCUT2D eigenvalue weighted by atomic mass is 9.91. The third-order valence-electron chi connectivity index (χ3n) is 3.44. The molecule has 7 heteroatoms. The van der Waals surface area contributed by atoms with E-state index in [4.69, 9.17) is 0 Å². The van der Waals surface area contributed by atoms with Crippen LogP contribution in [0.2, 0.25) is 0 Å². The maximum Gasteiger partial charge on any atom is 0.338 e. The number of hydrogen-bond donors (Lipinski definition) is 1. The number of thioether (sulfide) groups is 1. The van der Waals surface area contributed by atoms with E-state index >= 15 is 0 Å². The summed E-state index contributed by atoms with van der Waals surface area (Å²) in [6.07, 6.45) is 5.53. The Labute approximate surface area is 120 Å². The van der Waals surface area contributed by atoms with Crippen LogP contribution in [0.4, 0.5) is 5.69 Å². The summed E-state index contributed by atoms with van der Waals surface area (Å²) < 4.78 is 0. The fourth-order valence-electron chi connectivity index (χ4n) is 2.43. The second-order valence-corrected chi connectivity index (χ2v) is 6.41. The molecule has 0 amide bonds. The SMILES string of the molecule is CC1CCCC(Sc2ncc([N+](=O)[O-])cc2C(=O)O)C1. The molecule has 1 fully saturated rings. The van der Waals surface area contributed by atoms with Crippen molar-refractivity contribution in [1.29, 1.82) is 0 Å². The van der Waals surface area contributed by atoms with E-state index in [-0.39, 0.29) is 11.3 Å². The first-order chi connectivity index (χ1) is 9.47. The number of hydrogen-bond acceptors (Lipinski definition) is 5. The van der Waals surface area contributed by atoms with E-state index in [1.165, 1.54) is 18.2 Å². The van der Waals surface area contributed by atoms with E-state index in [0.29, 0.717) is 16.2 Å². The first kappa shape index (κ1) is 14.8. The Morgan fingerprint density at radius 3 is 2.90 bits per heavy atom. The first-order valence-electron chi connectivity index (χ1n) is 6.51. The summed E-state index contributed by atoms with van der Waals surface area (Å²) in [7, 11) is 0. The molecule has 0 spiro atoms. The first-order valence-corrected chi connectivity index (χ1v) is 7.39. The van der Waals surface area contributed by atoms with Gasteiger partial charge in [-0.25, -0.2) is 9.78 Å². The second-order valence-electron chi connectivity index (χ2n) is 5.12. The van der Waals surface area contributed by atoms with Gasteiger partial charge in [0.05, 0.1) is 10.5 Å². The average molecular weight is 296 g/mol. The van der Waals surface area contributed by atoms with Crippen molar-refractivity contribution in [3.8, 4) is 0 Å². The maximum absolute atomic E-state index is 11.2. The molecule has 6 nitrogen and oxygen atoms in total. The molecule has 1 aromatic rings. The Morgan fingerprint density at radius 1 is 1.55 bits per heavy atom. The molecule has 2 atom stereocenters. The van der Waals surface area contributed by atoms with Gasteiger partial charge < -0.3 is 5.11 Å². The molecule has 108 valence electrons. The highest BCUT2D eigenvalue weighted by molar-refractivity contribution is 7.99. The van der Waals surface area contributed by atoms with E-state index in [1.807, 2.05) is 0 Å². The van der Waals surface area contributed by atoms with Crippen LogP contribution in [0.1, 0.15) is 43.0 Å². The number of carbonyl (C=O) groups is 1. The van der Waals surface area contributed by atoms with E-state index in [9.17, 15) is 20.0 Å². The van der Waals surface area contributed by atoms with Crippen LogP contribution in [0.15, 0.2) is 17.3 Å². The van der Waals surface area contributed by atoms with Gasteiger partial charge in [0, 0.05) is 11.3 Å². The number of carboxylic acids is 1. The number of nitro groups is 1. The second kappa shape index (κ2) is 6.21. The molecule has 0 radical (unpaired) electrons. The zero-order valence-corrected chi connectivity index (χ0v) is 11.9. The Morgan fingerprint density at radius 2 is 2.30 bits per heavy atom. The highest BCUT2D eigenvalue weighted by Gasteiger charge is 2.24. The van der Waals surface area contributed by atoms with Crippen molar-refractivity contribution in [3.63, 3.8) is 0 Å². The summed E-state index contributed by atoms with van der Waals surface area (Å²) in [5.41, 5.74) is -0.369. The zero-order chi connectivity index (χ0) is 14.7. The Bertz CT molecular complexity index is 535. The molecule has 1 aromatic heterocycles. The predicted octanol–water partition coefficient (Wildman–Crippen LogP) is 3.36. The van der Waals surface area contributed by atoms with Crippen LogP contribution < -0.4 is 0 Å². The quantitative estimate of drug-likeness (QED) is 0.676. The van der Waals surface area contributed by atoms with E-state index < -0.39 is 10.9 Å². The van der Waals surface area contributed by atoms with Gasteiger partial charge in [0.15, 0.2) is 0 Å². The summed E-state index contributed by atoms with van der Waals surface area (Å²) in [5.74, 6) is -0.542. The third-order valence-corrected chi connectivity index (χ3v) is 4.75. The highest BCUT2D eigenvalue weighted by Crippen LogP contribution is 2.37. The van der Waals surface area contributed by atoms with Crippen molar-refractivity contribution in [2.45, 2.75) is 42.9 Å². The molecule has 1 heterocycles. The van der Waals surface area contributed by atoms with E-state index in [1.54, 1.807) is 0 Å². The van der Waals surface area contributed by atoms with Crippen molar-refractivity contribution in [1.82, 2.24) is 4.98 Å². The van der Waals surface area contributed by atoms with Gasteiger partial charge in [-0.15, -0.1) is 11.8 Å². The van der Waals surface area contributed by atoms with Crippen molar-refractivity contribution < 1.29 is 14.8 Å². The molecule has 2 unspecified atom stereocenters. The van der Waals surface area contributed by atoms with Crippen LogP contribution >= 0.6 is 11.8 Å². The fourth-order valence-corrected chi connectivity index (χ4v) is 3.84. The number of pyridine rings is 1. The summed E-state index contributed by atoms with van der Waals surface area (Å²) >= 11 is 1.43. The Balaban J connectivity index is 2.22. The van der Waals surface area contributed by atoms with E-state index in [2.05, 4.69) is 11.9 Å². The van der Waals surface area contributed by atoms with Gasteiger partial charge >= 0.3 is 5.97 Å². The van der Waals surface area contributed by atoms with Crippen molar-refractivity contribution >= 4 is 23.4 Å². The molecule has 0 aliphatic heterocycles. The number of rotatable bonds is 4. The van der Waals surface area contributed by atoms with Crippen LogP contribution in [0, 0.1) is 16.0 Å². The minimum absolute atomic E-state index is 0.0811. The molecule has 0 saturated heterocycles. The number of carboxylic acid groups (broad SMARTS) is 1. The number of aromatic nitrogens is 1. The smallest absolute Gasteiger partial charge is 0.338 e. The van der Waals surface area contributed by atoms with Gasteiger partial charge in [0.25, 0.3) is 5.69 Å². The van der Waals surface area contributed by atoms with Gasteiger partial charge in [0.2, 0.25) is 0 Å². The molecular formula is C13H16N2O4S. The molecule has 1 aliphatic carbocycles. The topological polar surface area (TPSA) is 93.3 Å². The van der Waals surface area contributed by atoms with Crippen molar-refractivity contribution in [3.05, 3.63) is 27.9 Å². The van der Waals surface area contributed by atoms with Gasteiger partial charge in [-0.3, -0.25) is 10.1 Å². The normalized spacial score (nSPS) is 22.4. The van der Waals surface area contributed by atoms with Gasteiger partial charge in [-0.2, -0.15) is 0 Å². The van der Waals surface area contributed by atoms with Crippen molar-refractivity contribution in [2.24, 2.45) is 5.92 Å². The molecule has 20 heavy (non-hydrogen) atoms. The van der Waals surface area contributed by atoms with Gasteiger partial charge in [-0.1, -0.05) is 19.8 Å². The van der Waals surface area contributed by atoms with Crippen LogP contribution in [-0.4, -0.2) is 26.2 Å². The summed E-state index contributed by atoms with van der Waals surface area (Å²) in [6, 6.07) is 1.09. The predicted molar refractivity (Wildman–Crippen MR) is 75.1 cm³/mol. The number of aromatic carboxylic acids is 1. The fraction of sp³-hybridized carbons (Fsp3) is 0.538. The lowest BCUT2D eigenvalue weighted by Gasteiger charge is -2.26. The molecule has 1 N–H and O–H groups in total.